The van der Waals surface area contributed by atoms with Crippen molar-refractivity contribution in [3.05, 3.63) is 46.8 Å². The fraction of sp³-hybridized carbons (Fsp3) is 0.389. The number of alkyl halides is 1. The Morgan fingerprint density at radius 1 is 1.20 bits per heavy atom. The second-order valence-electron chi connectivity index (χ2n) is 6.25. The highest BCUT2D eigenvalue weighted by Gasteiger charge is 2.25. The summed E-state index contributed by atoms with van der Waals surface area (Å²) < 4.78 is 28.0. The van der Waals surface area contributed by atoms with Gasteiger partial charge in [-0.15, -0.1) is 0 Å². The molecule has 2 rings (SSSR count). The number of aliphatic hydroxyl groups is 1. The summed E-state index contributed by atoms with van der Waals surface area (Å²) in [5.41, 5.74) is 4.74. The highest BCUT2D eigenvalue weighted by atomic mass is 19.1. The van der Waals surface area contributed by atoms with Gasteiger partial charge < -0.3 is 10.8 Å². The number of benzene rings is 1. The van der Waals surface area contributed by atoms with Crippen molar-refractivity contribution in [2.24, 2.45) is 0 Å². The molecule has 2 atom stereocenters. The van der Waals surface area contributed by atoms with E-state index in [4.69, 9.17) is 5.73 Å². The van der Waals surface area contributed by atoms with E-state index in [9.17, 15) is 13.9 Å². The van der Waals surface area contributed by atoms with E-state index in [2.05, 4.69) is 26.8 Å². The first-order chi connectivity index (χ1) is 11.6. The van der Waals surface area contributed by atoms with Gasteiger partial charge in [0.15, 0.2) is 11.5 Å². The van der Waals surface area contributed by atoms with Gasteiger partial charge in [0.25, 0.3) is 0 Å². The van der Waals surface area contributed by atoms with Crippen LogP contribution in [0.15, 0.2) is 18.2 Å². The molecule has 0 aliphatic rings. The van der Waals surface area contributed by atoms with E-state index in [-0.39, 0.29) is 29.1 Å². The fourth-order valence-corrected chi connectivity index (χ4v) is 2.11. The summed E-state index contributed by atoms with van der Waals surface area (Å²) in [4.78, 5) is 12.1. The zero-order valence-electron chi connectivity index (χ0n) is 14.5. The maximum absolute atomic E-state index is 14.1. The molecule has 0 saturated carbocycles. The minimum absolute atomic E-state index is 0.0573. The standard InChI is InChI=1S/C18H20F2N4O/c1-10(25)5-6-13-9-12(7-8-14(13)19)11(2)15-22-16(18(3,4)20)24-17(21)23-15/h7-11,25H,1-4H3,(H2,21,22,23,24). The molecule has 2 aromatic rings. The first-order valence-electron chi connectivity index (χ1n) is 7.78. The summed E-state index contributed by atoms with van der Waals surface area (Å²) in [7, 11) is 0. The molecule has 1 aromatic carbocycles. The summed E-state index contributed by atoms with van der Waals surface area (Å²) in [5, 5.41) is 9.23. The molecule has 0 radical (unpaired) electrons. The molecule has 0 bridgehead atoms. The van der Waals surface area contributed by atoms with Crippen LogP contribution in [-0.4, -0.2) is 26.2 Å². The number of nitrogens with two attached hydrogens (primary N) is 1. The maximum atomic E-state index is 14.1. The molecule has 0 aliphatic heterocycles. The van der Waals surface area contributed by atoms with Gasteiger partial charge in [-0.1, -0.05) is 24.8 Å². The molecule has 0 spiro atoms. The average Bonchev–Trinajstić information content (AvgIpc) is 2.52. The first kappa shape index (κ1) is 18.7. The van der Waals surface area contributed by atoms with Crippen LogP contribution in [0.4, 0.5) is 14.7 Å². The molecule has 0 fully saturated rings. The quantitative estimate of drug-likeness (QED) is 0.835. The van der Waals surface area contributed by atoms with E-state index < -0.39 is 17.6 Å². The summed E-state index contributed by atoms with van der Waals surface area (Å²) in [6, 6.07) is 4.41. The minimum Gasteiger partial charge on any atom is -0.381 e. The van der Waals surface area contributed by atoms with Gasteiger partial charge in [0.1, 0.15) is 17.7 Å². The van der Waals surface area contributed by atoms with Crippen LogP contribution < -0.4 is 5.73 Å². The highest BCUT2D eigenvalue weighted by Crippen LogP contribution is 2.26. The van der Waals surface area contributed by atoms with Crippen LogP contribution in [0.5, 0.6) is 0 Å². The Balaban J connectivity index is 2.45. The maximum Gasteiger partial charge on any atom is 0.223 e. The van der Waals surface area contributed by atoms with Crippen LogP contribution >= 0.6 is 0 Å². The fourth-order valence-electron chi connectivity index (χ4n) is 2.11. The van der Waals surface area contributed by atoms with Crippen molar-refractivity contribution in [3.8, 4) is 11.8 Å². The van der Waals surface area contributed by atoms with Gasteiger partial charge in [0.2, 0.25) is 5.95 Å². The molecule has 0 saturated heterocycles. The van der Waals surface area contributed by atoms with Crippen molar-refractivity contribution in [3.63, 3.8) is 0 Å². The Labute approximate surface area is 145 Å². The van der Waals surface area contributed by atoms with E-state index in [1.807, 2.05) is 0 Å². The van der Waals surface area contributed by atoms with Crippen molar-refractivity contribution in [2.45, 2.75) is 45.4 Å². The number of aromatic nitrogens is 3. The molecular weight excluding hydrogens is 326 g/mol. The van der Waals surface area contributed by atoms with Crippen LogP contribution in [0.1, 0.15) is 56.4 Å². The smallest absolute Gasteiger partial charge is 0.223 e. The lowest BCUT2D eigenvalue weighted by Gasteiger charge is -2.16. The lowest BCUT2D eigenvalue weighted by molar-refractivity contribution is 0.205. The number of halogens is 2. The number of rotatable bonds is 3. The highest BCUT2D eigenvalue weighted by molar-refractivity contribution is 5.41. The van der Waals surface area contributed by atoms with E-state index in [0.717, 1.165) is 0 Å². The molecule has 5 nitrogen and oxygen atoms in total. The van der Waals surface area contributed by atoms with Crippen molar-refractivity contribution >= 4 is 5.95 Å². The zero-order valence-corrected chi connectivity index (χ0v) is 14.5. The average molecular weight is 346 g/mol. The summed E-state index contributed by atoms with van der Waals surface area (Å²) in [5.74, 6) is 4.38. The van der Waals surface area contributed by atoms with Crippen LogP contribution in [0.2, 0.25) is 0 Å². The largest absolute Gasteiger partial charge is 0.381 e. The molecule has 1 heterocycles. The second kappa shape index (κ2) is 7.11. The number of nitrogen functional groups attached to an aromatic ring is 1. The molecule has 1 aromatic heterocycles. The van der Waals surface area contributed by atoms with Gasteiger partial charge in [0, 0.05) is 5.92 Å². The van der Waals surface area contributed by atoms with Crippen molar-refractivity contribution in [1.29, 1.82) is 0 Å². The molecule has 0 amide bonds. The number of hydrogen-bond donors (Lipinski definition) is 2. The van der Waals surface area contributed by atoms with Crippen LogP contribution in [-0.2, 0) is 5.67 Å². The van der Waals surface area contributed by atoms with E-state index >= 15 is 0 Å². The van der Waals surface area contributed by atoms with Gasteiger partial charge in [-0.25, -0.2) is 13.8 Å². The lowest BCUT2D eigenvalue weighted by Crippen LogP contribution is -2.19. The van der Waals surface area contributed by atoms with Gasteiger partial charge in [0.05, 0.1) is 5.56 Å². The number of hydrogen-bond acceptors (Lipinski definition) is 5. The van der Waals surface area contributed by atoms with E-state index in [0.29, 0.717) is 5.56 Å². The summed E-state index contributed by atoms with van der Waals surface area (Å²) >= 11 is 0. The normalized spacial score (nSPS) is 13.7. The molecular formula is C18H20F2N4O. The zero-order chi connectivity index (χ0) is 18.8. The number of nitrogens with zero attached hydrogens (tertiary/aromatic N) is 3. The minimum atomic E-state index is -1.76. The Morgan fingerprint density at radius 3 is 2.48 bits per heavy atom. The van der Waals surface area contributed by atoms with Crippen LogP contribution in [0, 0.1) is 17.7 Å². The van der Waals surface area contributed by atoms with Gasteiger partial charge in [-0.2, -0.15) is 9.97 Å². The third kappa shape index (κ3) is 4.70. The molecule has 7 heteroatoms. The Bertz CT molecular complexity index is 835. The third-order valence-electron chi connectivity index (χ3n) is 3.50. The monoisotopic (exact) mass is 346 g/mol. The molecule has 2 unspecified atom stereocenters. The van der Waals surface area contributed by atoms with Crippen molar-refractivity contribution in [2.75, 3.05) is 5.73 Å². The van der Waals surface area contributed by atoms with Crippen LogP contribution in [0.25, 0.3) is 0 Å². The third-order valence-corrected chi connectivity index (χ3v) is 3.50. The van der Waals surface area contributed by atoms with Crippen molar-refractivity contribution < 1.29 is 13.9 Å². The predicted molar refractivity (Wildman–Crippen MR) is 90.8 cm³/mol. The Hall–Kier alpha value is -2.59. The second-order valence-corrected chi connectivity index (χ2v) is 6.25. The van der Waals surface area contributed by atoms with E-state index in [1.54, 1.807) is 19.1 Å². The molecule has 132 valence electrons. The lowest BCUT2D eigenvalue weighted by atomic mass is 9.97. The molecule has 3 N–H and O–H groups in total. The predicted octanol–water partition coefficient (Wildman–Crippen LogP) is 2.68. The van der Waals surface area contributed by atoms with Gasteiger partial charge in [-0.05, 0) is 38.5 Å². The SMILES string of the molecule is CC(O)C#Cc1cc(C(C)c2nc(N)nc(C(C)(C)F)n2)ccc1F. The van der Waals surface area contributed by atoms with Gasteiger partial charge >= 0.3 is 0 Å². The number of aliphatic hydroxyl groups excluding tert-OH is 1. The summed E-state index contributed by atoms with van der Waals surface area (Å²) in [6.45, 7) is 5.95. The number of anilines is 1. The van der Waals surface area contributed by atoms with E-state index in [1.165, 1.54) is 26.8 Å². The molecule has 25 heavy (non-hydrogen) atoms. The van der Waals surface area contributed by atoms with Crippen LogP contribution in [0.3, 0.4) is 0 Å². The van der Waals surface area contributed by atoms with Gasteiger partial charge in [-0.3, -0.25) is 0 Å². The first-order valence-corrected chi connectivity index (χ1v) is 7.78. The summed E-state index contributed by atoms with van der Waals surface area (Å²) in [6.07, 6.45) is -0.863. The Kier molecular flexibility index (Phi) is 5.33. The Morgan fingerprint density at radius 2 is 1.88 bits per heavy atom. The molecule has 0 aliphatic carbocycles. The van der Waals surface area contributed by atoms with Crippen molar-refractivity contribution in [1.82, 2.24) is 15.0 Å². The topological polar surface area (TPSA) is 84.9 Å².